The number of aryl methyl sites for hydroxylation is 3. The Bertz CT molecular complexity index is 1500. The molecule has 0 amide bonds. The average Bonchev–Trinajstić information content (AvgIpc) is 3.11. The van der Waals surface area contributed by atoms with E-state index in [9.17, 15) is 13.6 Å². The number of allylic oxidation sites excluding steroid dienone is 6. The Morgan fingerprint density at radius 3 is 1.98 bits per heavy atom. The van der Waals surface area contributed by atoms with E-state index in [1.54, 1.807) is 19.1 Å². The van der Waals surface area contributed by atoms with Crippen LogP contribution in [-0.2, 0) is 17.1 Å². The first-order valence-electron chi connectivity index (χ1n) is 17.9. The lowest BCUT2D eigenvalue weighted by atomic mass is 9.70. The third-order valence-electron chi connectivity index (χ3n) is 8.35. The summed E-state index contributed by atoms with van der Waals surface area (Å²) in [6.45, 7) is 23.2. The van der Waals surface area contributed by atoms with Crippen molar-refractivity contribution in [2.45, 2.75) is 106 Å². The van der Waals surface area contributed by atoms with Gasteiger partial charge >= 0.3 is 0 Å². The van der Waals surface area contributed by atoms with Gasteiger partial charge in [-0.25, -0.2) is 8.78 Å². The molecule has 0 aromatic heterocycles. The first-order chi connectivity index (χ1) is 23.8. The zero-order valence-electron chi connectivity index (χ0n) is 31.9. The molecule has 0 saturated carbocycles. The number of nitrogens with zero attached hydrogens (tertiary/aromatic N) is 1. The summed E-state index contributed by atoms with van der Waals surface area (Å²) < 4.78 is 25.8. The second-order valence-corrected chi connectivity index (χ2v) is 12.7. The van der Waals surface area contributed by atoms with E-state index in [1.807, 2.05) is 50.3 Å². The highest BCUT2D eigenvalue weighted by Crippen LogP contribution is 2.40. The fourth-order valence-electron chi connectivity index (χ4n) is 5.63. The Kier molecular flexibility index (Phi) is 23.4. The van der Waals surface area contributed by atoms with Gasteiger partial charge in [-0.2, -0.15) is 5.26 Å². The van der Waals surface area contributed by atoms with Crippen molar-refractivity contribution in [2.24, 2.45) is 11.3 Å². The lowest BCUT2D eigenvalue weighted by Crippen LogP contribution is -2.25. The Labute approximate surface area is 303 Å². The second kappa shape index (κ2) is 25.6. The molecule has 0 aliphatic rings. The highest BCUT2D eigenvalue weighted by molar-refractivity contribution is 5.75. The van der Waals surface area contributed by atoms with Crippen LogP contribution in [-0.4, -0.2) is 6.29 Å². The van der Waals surface area contributed by atoms with Gasteiger partial charge in [-0.1, -0.05) is 151 Å². The number of rotatable bonds is 14. The summed E-state index contributed by atoms with van der Waals surface area (Å²) in [6, 6.07) is 25.6. The first kappa shape index (κ1) is 45.6. The maximum Gasteiger partial charge on any atom is 0.270 e. The first-order valence-corrected chi connectivity index (χ1v) is 17.9. The topological polar surface area (TPSA) is 40.9 Å². The van der Waals surface area contributed by atoms with Gasteiger partial charge in [-0.3, -0.25) is 0 Å². The third kappa shape index (κ3) is 17.3. The number of nitriles is 1. The zero-order chi connectivity index (χ0) is 38.0. The predicted octanol–water partition coefficient (Wildman–Crippen LogP) is 13.7. The Morgan fingerprint density at radius 1 is 0.900 bits per heavy atom. The van der Waals surface area contributed by atoms with Crippen LogP contribution in [0, 0.1) is 36.5 Å². The summed E-state index contributed by atoms with van der Waals surface area (Å²) in [4.78, 5) is 9.17. The third-order valence-corrected chi connectivity index (χ3v) is 8.35. The van der Waals surface area contributed by atoms with Crippen molar-refractivity contribution in [1.29, 1.82) is 5.26 Å². The van der Waals surface area contributed by atoms with E-state index in [-0.39, 0.29) is 11.0 Å². The van der Waals surface area contributed by atoms with E-state index in [0.717, 1.165) is 55.6 Å². The fourth-order valence-corrected chi connectivity index (χ4v) is 5.63. The van der Waals surface area contributed by atoms with Crippen LogP contribution in [0.25, 0.3) is 5.57 Å². The molecule has 3 rings (SSSR count). The molecule has 0 aliphatic heterocycles. The number of benzene rings is 3. The van der Waals surface area contributed by atoms with Crippen LogP contribution < -0.4 is 0 Å². The quantitative estimate of drug-likeness (QED) is 0.0965. The standard InChI is InChI=1S/C24H31N.C10H12F2.C9H12.C3H6O/c1-6-11-22(23-13-10-12-21(18-23)19-25)15-14-20(5)24(9-4,16-7-2)17-8-3;1-7-4-5-8(2)9(6-7)10(3,11)12;1-2-6-9-7-4-3-5-8-9;1-2-3-4/h6,9-15,18,20H,1,4,7-8,16-17H2,2-3,5H3;4-6H,1-3H3;3-5,7-8H,2,6H2,1H3;3H,2H2,1H3/b15-14-,22-11+;;;. The number of carbonyl (C=O) groups excluding carboxylic acids is 1. The highest BCUT2D eigenvalue weighted by atomic mass is 19.3. The molecule has 1 atom stereocenters. The number of carbonyl (C=O) groups is 1. The average molecular weight is 682 g/mol. The molecule has 50 heavy (non-hydrogen) atoms. The van der Waals surface area contributed by atoms with E-state index in [1.165, 1.54) is 24.5 Å². The van der Waals surface area contributed by atoms with Gasteiger partial charge in [0.25, 0.3) is 5.92 Å². The molecule has 3 aromatic carbocycles. The summed E-state index contributed by atoms with van der Waals surface area (Å²) in [5, 5.41) is 9.13. The van der Waals surface area contributed by atoms with Gasteiger partial charge in [0.1, 0.15) is 6.29 Å². The summed E-state index contributed by atoms with van der Waals surface area (Å²) >= 11 is 0. The molecule has 270 valence electrons. The number of hydrogen-bond acceptors (Lipinski definition) is 2. The molecule has 0 radical (unpaired) electrons. The lowest BCUT2D eigenvalue weighted by Gasteiger charge is -2.35. The van der Waals surface area contributed by atoms with Crippen LogP contribution in [0.4, 0.5) is 8.78 Å². The molecule has 0 spiro atoms. The summed E-state index contributed by atoms with van der Waals surface area (Å²) in [5.74, 6) is -2.33. The fraction of sp³-hybridized carbons (Fsp3) is 0.391. The molecule has 2 nitrogen and oxygen atoms in total. The molecule has 1 unspecified atom stereocenters. The lowest BCUT2D eigenvalue weighted by molar-refractivity contribution is -0.107. The molecule has 3 aromatic rings. The molecule has 0 fully saturated rings. The van der Waals surface area contributed by atoms with Gasteiger partial charge in [0, 0.05) is 18.9 Å². The number of hydrogen-bond donors (Lipinski definition) is 0. The maximum atomic E-state index is 12.9. The van der Waals surface area contributed by atoms with Gasteiger partial charge in [0.2, 0.25) is 0 Å². The van der Waals surface area contributed by atoms with Crippen LogP contribution >= 0.6 is 0 Å². The minimum absolute atomic E-state index is 0.127. The summed E-state index contributed by atoms with van der Waals surface area (Å²) in [6.07, 6.45) is 19.0. The zero-order valence-corrected chi connectivity index (χ0v) is 31.9. The summed E-state index contributed by atoms with van der Waals surface area (Å²) in [7, 11) is 0. The van der Waals surface area contributed by atoms with Crippen molar-refractivity contribution in [2.75, 3.05) is 0 Å². The molecular formula is C46H61F2NO. The van der Waals surface area contributed by atoms with Crippen molar-refractivity contribution < 1.29 is 13.6 Å². The summed E-state index contributed by atoms with van der Waals surface area (Å²) in [5.41, 5.74) is 6.02. The Morgan fingerprint density at radius 2 is 1.52 bits per heavy atom. The largest absolute Gasteiger partial charge is 0.303 e. The molecule has 0 saturated heterocycles. The SMILES string of the molecule is C=C/C=C(\C=C/C(C)C(C=C)(CCC)CCC)c1cccc(C#N)c1.CCC=O.CCCc1ccccc1.Cc1ccc(C)c(C(C)(F)F)c1. The van der Waals surface area contributed by atoms with Crippen LogP contribution in [0.3, 0.4) is 0 Å². The van der Waals surface area contributed by atoms with Gasteiger partial charge in [0.05, 0.1) is 11.6 Å². The molecule has 0 aliphatic carbocycles. The molecule has 0 bridgehead atoms. The van der Waals surface area contributed by atoms with E-state index >= 15 is 0 Å². The van der Waals surface area contributed by atoms with Crippen LogP contribution in [0.1, 0.15) is 113 Å². The van der Waals surface area contributed by atoms with Crippen molar-refractivity contribution in [3.63, 3.8) is 0 Å². The molecular weight excluding hydrogens is 621 g/mol. The monoisotopic (exact) mass is 681 g/mol. The minimum atomic E-state index is -2.73. The van der Waals surface area contributed by atoms with Crippen LogP contribution in [0.5, 0.6) is 0 Å². The van der Waals surface area contributed by atoms with Crippen molar-refractivity contribution in [1.82, 2.24) is 0 Å². The van der Waals surface area contributed by atoms with Gasteiger partial charge < -0.3 is 4.79 Å². The highest BCUT2D eigenvalue weighted by Gasteiger charge is 2.29. The van der Waals surface area contributed by atoms with E-state index < -0.39 is 5.92 Å². The number of halogens is 2. The smallest absolute Gasteiger partial charge is 0.270 e. The van der Waals surface area contributed by atoms with Crippen LogP contribution in [0.15, 0.2) is 116 Å². The second-order valence-electron chi connectivity index (χ2n) is 12.7. The van der Waals surface area contributed by atoms with E-state index in [0.29, 0.717) is 23.5 Å². The van der Waals surface area contributed by atoms with Crippen molar-refractivity contribution >= 4 is 11.9 Å². The van der Waals surface area contributed by atoms with E-state index in [2.05, 4.69) is 95.5 Å². The maximum absolute atomic E-state index is 12.9. The molecule has 0 heterocycles. The van der Waals surface area contributed by atoms with Crippen molar-refractivity contribution in [3.05, 3.63) is 150 Å². The number of alkyl halides is 2. The van der Waals surface area contributed by atoms with E-state index in [4.69, 9.17) is 5.26 Å². The Balaban J connectivity index is 0.000000784. The normalized spacial score (nSPS) is 11.7. The van der Waals surface area contributed by atoms with Gasteiger partial charge in [-0.15, -0.1) is 6.58 Å². The molecule has 4 heteroatoms. The predicted molar refractivity (Wildman–Crippen MR) is 212 cm³/mol. The van der Waals surface area contributed by atoms with Crippen LogP contribution in [0.2, 0.25) is 0 Å². The van der Waals surface area contributed by atoms with Gasteiger partial charge in [0.15, 0.2) is 0 Å². The number of aldehydes is 1. The van der Waals surface area contributed by atoms with Gasteiger partial charge in [-0.05, 0) is 84.9 Å². The Hall–Kier alpha value is -4.36. The molecule has 0 N–H and O–H groups in total. The minimum Gasteiger partial charge on any atom is -0.303 e. The van der Waals surface area contributed by atoms with Crippen molar-refractivity contribution in [3.8, 4) is 6.07 Å².